The maximum absolute atomic E-state index is 13.0. The topological polar surface area (TPSA) is 66.0 Å². The third-order valence-electron chi connectivity index (χ3n) is 5.33. The monoisotopic (exact) mass is 358 g/mol. The zero-order valence-electron chi connectivity index (χ0n) is 15.8. The van der Waals surface area contributed by atoms with E-state index in [1.165, 1.54) is 0 Å². The Bertz CT molecular complexity index is 1020. The van der Waals surface area contributed by atoms with E-state index in [1.54, 1.807) is 0 Å². The van der Waals surface area contributed by atoms with Gasteiger partial charge in [-0.3, -0.25) is 4.79 Å². The molecule has 1 aliphatic carbocycles. The van der Waals surface area contributed by atoms with Gasteiger partial charge < -0.3 is 9.73 Å². The fourth-order valence-electron chi connectivity index (χ4n) is 4.13. The second kappa shape index (κ2) is 6.28. The first kappa shape index (κ1) is 17.4. The summed E-state index contributed by atoms with van der Waals surface area (Å²) in [6.07, 6.45) is 1.26. The number of carbonyl (C=O) groups excluding carboxylic acids is 1. The Morgan fingerprint density at radius 3 is 2.59 bits per heavy atom. The average molecular weight is 358 g/mol. The molecule has 4 nitrogen and oxygen atoms in total. The number of nitrogens with zero attached hydrogens (tertiary/aromatic N) is 1. The number of benzene rings is 1. The van der Waals surface area contributed by atoms with Crippen molar-refractivity contribution < 1.29 is 9.21 Å². The molecule has 0 spiro atoms. The summed E-state index contributed by atoms with van der Waals surface area (Å²) in [6, 6.07) is 15.9. The molecule has 2 aliphatic rings. The van der Waals surface area contributed by atoms with E-state index in [1.807, 2.05) is 49.4 Å². The highest BCUT2D eigenvalue weighted by atomic mass is 16.3. The van der Waals surface area contributed by atoms with Gasteiger partial charge in [-0.1, -0.05) is 44.2 Å². The van der Waals surface area contributed by atoms with E-state index in [2.05, 4.69) is 25.2 Å². The lowest BCUT2D eigenvalue weighted by Crippen LogP contribution is -2.36. The van der Waals surface area contributed by atoms with E-state index >= 15 is 0 Å². The third kappa shape index (κ3) is 3.00. The van der Waals surface area contributed by atoms with Crippen LogP contribution in [0.1, 0.15) is 45.3 Å². The Morgan fingerprint density at radius 2 is 1.89 bits per heavy atom. The molecule has 0 bridgehead atoms. The quantitative estimate of drug-likeness (QED) is 0.813. The summed E-state index contributed by atoms with van der Waals surface area (Å²) >= 11 is 0. The van der Waals surface area contributed by atoms with Gasteiger partial charge in [-0.05, 0) is 30.9 Å². The number of hydrogen-bond acceptors (Lipinski definition) is 4. The molecule has 2 heterocycles. The molecule has 4 heteroatoms. The molecule has 4 rings (SSSR count). The van der Waals surface area contributed by atoms with Crippen LogP contribution in [-0.2, 0) is 4.79 Å². The van der Waals surface area contributed by atoms with Crippen molar-refractivity contribution in [1.29, 1.82) is 5.26 Å². The van der Waals surface area contributed by atoms with E-state index in [0.29, 0.717) is 23.3 Å². The van der Waals surface area contributed by atoms with Gasteiger partial charge in [0.25, 0.3) is 0 Å². The SMILES string of the molecule is CC1=C(C#N)C(c2ccc(-c3ccccc3)o2)C2=C(CC(C)(C)CC2=O)N1. The smallest absolute Gasteiger partial charge is 0.162 e. The summed E-state index contributed by atoms with van der Waals surface area (Å²) in [4.78, 5) is 13.0. The van der Waals surface area contributed by atoms with Crippen LogP contribution in [0.25, 0.3) is 11.3 Å². The number of allylic oxidation sites excluding steroid dienone is 4. The first-order valence-electron chi connectivity index (χ1n) is 9.19. The van der Waals surface area contributed by atoms with Gasteiger partial charge in [0, 0.05) is 29.0 Å². The van der Waals surface area contributed by atoms with Gasteiger partial charge in [0.15, 0.2) is 5.78 Å². The number of dihydropyridines is 1. The summed E-state index contributed by atoms with van der Waals surface area (Å²) in [5.74, 6) is 1.04. The van der Waals surface area contributed by atoms with Crippen molar-refractivity contribution in [2.24, 2.45) is 5.41 Å². The summed E-state index contributed by atoms with van der Waals surface area (Å²) in [6.45, 7) is 6.09. The van der Waals surface area contributed by atoms with Gasteiger partial charge in [-0.25, -0.2) is 0 Å². The van der Waals surface area contributed by atoms with Crippen LogP contribution in [0.15, 0.2) is 69.4 Å². The van der Waals surface area contributed by atoms with Crippen LogP contribution in [0.3, 0.4) is 0 Å². The number of hydrogen-bond donors (Lipinski definition) is 1. The average Bonchev–Trinajstić information content (AvgIpc) is 3.10. The van der Waals surface area contributed by atoms with Crippen molar-refractivity contribution in [1.82, 2.24) is 5.32 Å². The van der Waals surface area contributed by atoms with E-state index in [9.17, 15) is 10.1 Å². The van der Waals surface area contributed by atoms with Crippen molar-refractivity contribution >= 4 is 5.78 Å². The molecule has 2 aromatic rings. The molecule has 1 aromatic heterocycles. The van der Waals surface area contributed by atoms with E-state index in [0.717, 1.165) is 29.1 Å². The van der Waals surface area contributed by atoms with Crippen molar-refractivity contribution in [3.63, 3.8) is 0 Å². The van der Waals surface area contributed by atoms with Crippen LogP contribution in [-0.4, -0.2) is 5.78 Å². The Hall–Kier alpha value is -3.06. The maximum atomic E-state index is 13.0. The molecule has 1 unspecified atom stereocenters. The summed E-state index contributed by atoms with van der Waals surface area (Å²) in [7, 11) is 0. The predicted octanol–water partition coefficient (Wildman–Crippen LogP) is 5.07. The number of nitrogens with one attached hydrogen (secondary N) is 1. The van der Waals surface area contributed by atoms with E-state index < -0.39 is 5.92 Å². The number of Topliss-reactive ketones (excluding diaryl/α,β-unsaturated/α-hetero) is 1. The second-order valence-electron chi connectivity index (χ2n) is 8.11. The van der Waals surface area contributed by atoms with Crippen molar-refractivity contribution in [3.05, 3.63) is 70.8 Å². The highest BCUT2D eigenvalue weighted by molar-refractivity contribution is 6.00. The highest BCUT2D eigenvalue weighted by Gasteiger charge is 2.42. The molecule has 0 saturated carbocycles. The Kier molecular flexibility index (Phi) is 4.04. The third-order valence-corrected chi connectivity index (χ3v) is 5.33. The van der Waals surface area contributed by atoms with Gasteiger partial charge in [-0.15, -0.1) is 0 Å². The minimum atomic E-state index is -0.438. The molecule has 0 radical (unpaired) electrons. The van der Waals surface area contributed by atoms with Crippen LogP contribution in [0.4, 0.5) is 0 Å². The summed E-state index contributed by atoms with van der Waals surface area (Å²) in [5.41, 5.74) is 3.85. The van der Waals surface area contributed by atoms with Gasteiger partial charge in [-0.2, -0.15) is 5.26 Å². The fourth-order valence-corrected chi connectivity index (χ4v) is 4.13. The number of rotatable bonds is 2. The minimum Gasteiger partial charge on any atom is -0.460 e. The Balaban J connectivity index is 1.83. The van der Waals surface area contributed by atoms with Crippen LogP contribution in [0.2, 0.25) is 0 Å². The fraction of sp³-hybridized carbons (Fsp3) is 0.304. The van der Waals surface area contributed by atoms with Gasteiger partial charge in [0.1, 0.15) is 11.5 Å². The molecule has 0 amide bonds. The zero-order chi connectivity index (χ0) is 19.2. The molecule has 27 heavy (non-hydrogen) atoms. The maximum Gasteiger partial charge on any atom is 0.162 e. The van der Waals surface area contributed by atoms with E-state index in [4.69, 9.17) is 4.42 Å². The van der Waals surface area contributed by atoms with Gasteiger partial charge in [0.05, 0.1) is 17.6 Å². The first-order valence-corrected chi connectivity index (χ1v) is 9.19. The highest BCUT2D eigenvalue weighted by Crippen LogP contribution is 2.47. The second-order valence-corrected chi connectivity index (χ2v) is 8.11. The lowest BCUT2D eigenvalue weighted by Gasteiger charge is -2.38. The molecular weight excluding hydrogens is 336 g/mol. The lowest BCUT2D eigenvalue weighted by atomic mass is 9.70. The lowest BCUT2D eigenvalue weighted by molar-refractivity contribution is -0.118. The summed E-state index contributed by atoms with van der Waals surface area (Å²) < 4.78 is 6.14. The molecular formula is C23H22N2O2. The van der Waals surface area contributed by atoms with E-state index in [-0.39, 0.29) is 11.2 Å². The van der Waals surface area contributed by atoms with Crippen LogP contribution in [0.5, 0.6) is 0 Å². The molecule has 1 N–H and O–H groups in total. The standard InChI is InChI=1S/C23H22N2O2/c1-14-16(13-24)21(22-17(25-14)11-23(2,3)12-18(22)26)20-10-9-19(27-20)15-7-5-4-6-8-15/h4-10,21,25H,11-12H2,1-3H3. The zero-order valence-corrected chi connectivity index (χ0v) is 15.8. The number of ketones is 1. The first-order chi connectivity index (χ1) is 12.9. The van der Waals surface area contributed by atoms with Crippen LogP contribution >= 0.6 is 0 Å². The predicted molar refractivity (Wildman–Crippen MR) is 103 cm³/mol. The number of nitriles is 1. The van der Waals surface area contributed by atoms with Crippen molar-refractivity contribution in [2.45, 2.75) is 39.5 Å². The number of carbonyl (C=O) groups is 1. The molecule has 136 valence electrons. The van der Waals surface area contributed by atoms with Crippen LogP contribution < -0.4 is 5.32 Å². The number of furan rings is 1. The van der Waals surface area contributed by atoms with Crippen molar-refractivity contribution in [3.8, 4) is 17.4 Å². The Labute approximate surface area is 159 Å². The molecule has 0 fully saturated rings. The largest absolute Gasteiger partial charge is 0.460 e. The molecule has 0 saturated heterocycles. The van der Waals surface area contributed by atoms with Crippen LogP contribution in [0, 0.1) is 16.7 Å². The summed E-state index contributed by atoms with van der Waals surface area (Å²) in [5, 5.41) is 13.1. The van der Waals surface area contributed by atoms with Gasteiger partial charge >= 0.3 is 0 Å². The molecule has 1 aliphatic heterocycles. The molecule has 1 atom stereocenters. The van der Waals surface area contributed by atoms with Gasteiger partial charge in [0.2, 0.25) is 0 Å². The Morgan fingerprint density at radius 1 is 1.15 bits per heavy atom. The normalized spacial score (nSPS) is 21.6. The van der Waals surface area contributed by atoms with Crippen molar-refractivity contribution in [2.75, 3.05) is 0 Å². The molecule has 1 aromatic carbocycles. The minimum absolute atomic E-state index is 0.0870.